The van der Waals surface area contributed by atoms with Gasteiger partial charge in [0.1, 0.15) is 0 Å². The van der Waals surface area contributed by atoms with Crippen molar-refractivity contribution in [1.82, 2.24) is 19.9 Å². The zero-order chi connectivity index (χ0) is 44.4. The first kappa shape index (κ1) is 38.2. The van der Waals surface area contributed by atoms with Crippen molar-refractivity contribution >= 4 is 44.1 Å². The van der Waals surface area contributed by atoms with Crippen LogP contribution in [0.25, 0.3) is 44.1 Å². The monoisotopic (exact) mass is 844 g/mol. The zero-order valence-corrected chi connectivity index (χ0v) is 38.3. The van der Waals surface area contributed by atoms with Crippen molar-refractivity contribution < 1.29 is 19.7 Å². The summed E-state index contributed by atoms with van der Waals surface area (Å²) in [5, 5.41) is 21.3. The molecule has 320 valence electrons. The van der Waals surface area contributed by atoms with Gasteiger partial charge in [0.2, 0.25) is 0 Å². The number of aromatic hydroxyl groups is 2. The second-order valence-corrected chi connectivity index (χ2v) is 22.8. The Hall–Kier alpha value is -6.28. The fourth-order valence-corrected chi connectivity index (χ4v) is 13.8. The third-order valence-corrected chi connectivity index (χ3v) is 16.4. The van der Waals surface area contributed by atoms with Crippen LogP contribution in [0.15, 0.2) is 72.8 Å². The Morgan fingerprint density at radius 2 is 0.594 bits per heavy atom. The van der Waals surface area contributed by atoms with Gasteiger partial charge in [-0.3, -0.25) is 0 Å². The Kier molecular flexibility index (Phi) is 6.87. The van der Waals surface area contributed by atoms with E-state index in [-0.39, 0.29) is 44.0 Å². The molecule has 2 aromatic heterocycles. The minimum Gasteiger partial charge on any atom is -0.504 e. The highest BCUT2D eigenvalue weighted by Gasteiger charge is 2.58. The summed E-state index contributed by atoms with van der Waals surface area (Å²) in [7, 11) is 0. The van der Waals surface area contributed by atoms with Gasteiger partial charge in [-0.25, -0.2) is 19.9 Å². The molecule has 6 aromatic carbocycles. The molecule has 0 saturated carbocycles. The van der Waals surface area contributed by atoms with Crippen LogP contribution in [0, 0.1) is 13.8 Å². The molecule has 64 heavy (non-hydrogen) atoms. The van der Waals surface area contributed by atoms with Gasteiger partial charge in [-0.05, 0) is 177 Å². The fraction of sp³-hybridized carbons (Fsp3) is 0.357. The minimum atomic E-state index is -0.354. The molecule has 0 radical (unpaired) electrons. The maximum atomic E-state index is 10.8. The Bertz CT molecular complexity index is 3530. The van der Waals surface area contributed by atoms with Crippen LogP contribution in [0.4, 0.5) is 0 Å². The van der Waals surface area contributed by atoms with E-state index in [2.05, 4.69) is 118 Å². The number of phenolic OH excluding ortho intramolecular Hbond substituents is 2. The predicted molar refractivity (Wildman–Crippen MR) is 252 cm³/mol. The number of rotatable bonds is 0. The summed E-state index contributed by atoms with van der Waals surface area (Å²) in [5.41, 5.74) is 18.3. The first-order chi connectivity index (χ1) is 30.1. The molecule has 0 amide bonds. The highest BCUT2D eigenvalue weighted by molar-refractivity contribution is 5.92. The maximum absolute atomic E-state index is 10.8. The average Bonchev–Trinajstić information content (AvgIpc) is 3.75. The molecule has 0 fully saturated rings. The molecule has 0 bridgehead atoms. The molecule has 5 aliphatic rings. The smallest absolute Gasteiger partial charge is 0.172 e. The number of phenols is 2. The topological polar surface area (TPSA) is 110 Å². The lowest BCUT2D eigenvalue weighted by Gasteiger charge is -2.31. The molecule has 13 rings (SSSR count). The van der Waals surface area contributed by atoms with Crippen molar-refractivity contribution in [2.45, 2.75) is 127 Å². The van der Waals surface area contributed by atoms with E-state index in [0.717, 1.165) is 80.9 Å². The molecule has 2 atom stereocenters. The van der Waals surface area contributed by atoms with E-state index in [1.807, 2.05) is 12.1 Å². The number of aryl methyl sites for hydroxylation is 2. The summed E-state index contributed by atoms with van der Waals surface area (Å²) in [5.74, 6) is 2.39. The van der Waals surface area contributed by atoms with E-state index in [9.17, 15) is 10.2 Å². The molecule has 1 aliphatic heterocycles. The molecule has 2 N–H and O–H groups in total. The van der Waals surface area contributed by atoms with Crippen LogP contribution in [-0.4, -0.2) is 30.1 Å². The van der Waals surface area contributed by atoms with E-state index >= 15 is 0 Å². The molecule has 2 unspecified atom stereocenters. The summed E-state index contributed by atoms with van der Waals surface area (Å²) in [6.07, 6.45) is 3.69. The number of fused-ring (bicyclic) bond motifs is 14. The molecule has 0 saturated heterocycles. The van der Waals surface area contributed by atoms with Crippen molar-refractivity contribution in [2.75, 3.05) is 0 Å². The first-order valence-corrected chi connectivity index (χ1v) is 22.8. The number of hydrogen-bond acceptors (Lipinski definition) is 8. The summed E-state index contributed by atoms with van der Waals surface area (Å²) in [6.45, 7) is 22.8. The summed E-state index contributed by atoms with van der Waals surface area (Å²) >= 11 is 0. The standard InChI is InChI=1S/C56H52N4O4/c1-27-11-37-38(12-28(27)2)58-41-15-33-29(13-39(41)57-37)51(3,4)23-55(33)24-52(5,6)30-14-40-42(16-34(30)55)60-44-22-49-50(21-43(44)59-40)64-48-20-36-32(19-47(48)63-49)54(9,10)26-56(36)25-53(7,8)31-17-45(61)46(62)18-35(31)56/h11-22,61-62H,23-26H2,1-10H3. The van der Waals surface area contributed by atoms with Gasteiger partial charge in [0.25, 0.3) is 0 Å². The Labute approximate surface area is 372 Å². The quantitative estimate of drug-likeness (QED) is 0.115. The molecule has 8 aromatic rings. The molecule has 4 aliphatic carbocycles. The van der Waals surface area contributed by atoms with E-state index in [1.165, 1.54) is 44.5 Å². The number of hydrogen-bond donors (Lipinski definition) is 2. The van der Waals surface area contributed by atoms with Crippen LogP contribution in [0.5, 0.6) is 34.5 Å². The SMILES string of the molecule is Cc1cc2nc3cc4c(cc3nc2cc1C)C1(CC4(C)C)CC(C)(C)c2cc3nc4cc5c(cc4nc3cc21)Oc1cc2c(cc1O5)C1(CC(C)(C)c3cc(O)c(O)cc31)CC2(C)C. The van der Waals surface area contributed by atoms with E-state index in [4.69, 9.17) is 29.4 Å². The van der Waals surface area contributed by atoms with E-state index in [1.54, 1.807) is 12.1 Å². The zero-order valence-electron chi connectivity index (χ0n) is 38.3. The largest absolute Gasteiger partial charge is 0.504 e. The van der Waals surface area contributed by atoms with Crippen molar-refractivity contribution in [3.05, 3.63) is 128 Å². The molecule has 8 nitrogen and oxygen atoms in total. The van der Waals surface area contributed by atoms with Gasteiger partial charge in [-0.2, -0.15) is 0 Å². The van der Waals surface area contributed by atoms with Gasteiger partial charge in [-0.1, -0.05) is 55.4 Å². The van der Waals surface area contributed by atoms with Crippen LogP contribution in [0.3, 0.4) is 0 Å². The van der Waals surface area contributed by atoms with Crippen molar-refractivity contribution in [3.63, 3.8) is 0 Å². The van der Waals surface area contributed by atoms with Crippen molar-refractivity contribution in [2.24, 2.45) is 0 Å². The van der Waals surface area contributed by atoms with Gasteiger partial charge in [-0.15, -0.1) is 0 Å². The number of benzene rings is 6. The average molecular weight is 845 g/mol. The molecular weight excluding hydrogens is 793 g/mol. The van der Waals surface area contributed by atoms with Crippen molar-refractivity contribution in [1.29, 1.82) is 0 Å². The third-order valence-electron chi connectivity index (χ3n) is 16.4. The lowest BCUT2D eigenvalue weighted by Crippen LogP contribution is -2.27. The summed E-state index contributed by atoms with van der Waals surface area (Å²) in [4.78, 5) is 21.0. The fourth-order valence-electron chi connectivity index (χ4n) is 13.8. The first-order valence-electron chi connectivity index (χ1n) is 22.8. The van der Waals surface area contributed by atoms with Crippen LogP contribution in [0.1, 0.15) is 137 Å². The van der Waals surface area contributed by atoms with Gasteiger partial charge >= 0.3 is 0 Å². The van der Waals surface area contributed by atoms with Crippen LogP contribution in [-0.2, 0) is 32.5 Å². The summed E-state index contributed by atoms with van der Waals surface area (Å²) in [6, 6.07) is 25.4. The van der Waals surface area contributed by atoms with Crippen molar-refractivity contribution in [3.8, 4) is 34.5 Å². The minimum absolute atomic E-state index is 0.0706. The molecule has 3 heterocycles. The number of nitrogens with zero attached hydrogens (tertiary/aromatic N) is 4. The molecule has 2 spiro atoms. The van der Waals surface area contributed by atoms with Crippen LogP contribution >= 0.6 is 0 Å². The maximum Gasteiger partial charge on any atom is 0.172 e. The van der Waals surface area contributed by atoms with E-state index in [0.29, 0.717) is 23.0 Å². The molecule has 8 heteroatoms. The third kappa shape index (κ3) is 4.84. The Balaban J connectivity index is 0.920. The molecular formula is C56H52N4O4. The highest BCUT2D eigenvalue weighted by Crippen LogP contribution is 2.66. The van der Waals surface area contributed by atoms with Gasteiger partial charge in [0.15, 0.2) is 34.5 Å². The second-order valence-electron chi connectivity index (χ2n) is 22.8. The van der Waals surface area contributed by atoms with Gasteiger partial charge in [0, 0.05) is 23.0 Å². The second kappa shape index (κ2) is 11.5. The van der Waals surface area contributed by atoms with Gasteiger partial charge < -0.3 is 19.7 Å². The lowest BCUT2D eigenvalue weighted by atomic mass is 9.72. The normalized spacial score (nSPS) is 23.3. The van der Waals surface area contributed by atoms with Gasteiger partial charge in [0.05, 0.1) is 44.1 Å². The Morgan fingerprint density at radius 1 is 0.344 bits per heavy atom. The highest BCUT2D eigenvalue weighted by atomic mass is 16.6. The lowest BCUT2D eigenvalue weighted by molar-refractivity contribution is 0.348. The number of aromatic nitrogens is 4. The predicted octanol–water partition coefficient (Wildman–Crippen LogP) is 13.1. The summed E-state index contributed by atoms with van der Waals surface area (Å²) < 4.78 is 13.5. The van der Waals surface area contributed by atoms with Crippen LogP contribution < -0.4 is 9.47 Å². The van der Waals surface area contributed by atoms with E-state index < -0.39 is 0 Å². The van der Waals surface area contributed by atoms with Crippen LogP contribution in [0.2, 0.25) is 0 Å². The Morgan fingerprint density at radius 3 is 1.00 bits per heavy atom. The number of ether oxygens (including phenoxy) is 2.